The smallest absolute Gasteiger partial charge is 0.251 e. The van der Waals surface area contributed by atoms with Crippen molar-refractivity contribution in [3.63, 3.8) is 0 Å². The number of carbonyl (C=O) groups excluding carboxylic acids is 1. The Morgan fingerprint density at radius 3 is 2.60 bits per heavy atom. The highest BCUT2D eigenvalue weighted by molar-refractivity contribution is 7.90. The number of nitrogen functional groups attached to an aromatic ring is 1. The van der Waals surface area contributed by atoms with Crippen molar-refractivity contribution in [1.82, 2.24) is 5.32 Å². The van der Waals surface area contributed by atoms with E-state index in [1.54, 1.807) is 0 Å². The van der Waals surface area contributed by atoms with Gasteiger partial charge in [-0.15, -0.1) is 0 Å². The van der Waals surface area contributed by atoms with E-state index in [2.05, 4.69) is 5.32 Å². The summed E-state index contributed by atoms with van der Waals surface area (Å²) in [5.41, 5.74) is 6.22. The molecular formula is C14H20N2O3S. The first kappa shape index (κ1) is 14.8. The number of benzene rings is 1. The van der Waals surface area contributed by atoms with Crippen LogP contribution in [0.2, 0.25) is 0 Å². The Morgan fingerprint density at radius 1 is 1.35 bits per heavy atom. The topological polar surface area (TPSA) is 89.3 Å². The van der Waals surface area contributed by atoms with E-state index >= 15 is 0 Å². The van der Waals surface area contributed by atoms with Crippen LogP contribution >= 0.6 is 0 Å². The molecule has 0 radical (unpaired) electrons. The fourth-order valence-corrected chi connectivity index (χ4v) is 2.93. The Labute approximate surface area is 119 Å². The number of hydrogen-bond acceptors (Lipinski definition) is 4. The number of hydrogen-bond donors (Lipinski definition) is 2. The van der Waals surface area contributed by atoms with Crippen molar-refractivity contribution in [2.75, 3.05) is 18.5 Å². The van der Waals surface area contributed by atoms with Crippen molar-refractivity contribution < 1.29 is 13.2 Å². The summed E-state index contributed by atoms with van der Waals surface area (Å²) in [5.74, 6) is 0.448. The molecule has 0 unspecified atom stereocenters. The van der Waals surface area contributed by atoms with Crippen molar-refractivity contribution in [2.45, 2.75) is 30.6 Å². The molecule has 1 saturated carbocycles. The Hall–Kier alpha value is -1.56. The molecule has 1 aliphatic carbocycles. The largest absolute Gasteiger partial charge is 0.399 e. The van der Waals surface area contributed by atoms with Crippen LogP contribution in [0, 0.1) is 5.92 Å². The molecule has 1 fully saturated rings. The molecule has 110 valence electrons. The molecule has 1 aliphatic rings. The number of amides is 1. The maximum atomic E-state index is 12.0. The summed E-state index contributed by atoms with van der Waals surface area (Å²) >= 11 is 0. The number of nitrogens with two attached hydrogens (primary N) is 1. The summed E-state index contributed by atoms with van der Waals surface area (Å²) < 4.78 is 23.0. The van der Waals surface area contributed by atoms with Crippen LogP contribution in [0.4, 0.5) is 5.69 Å². The Bertz CT molecular complexity index is 607. The average molecular weight is 296 g/mol. The lowest BCUT2D eigenvalue weighted by atomic mass is 9.83. The highest BCUT2D eigenvalue weighted by atomic mass is 32.2. The minimum Gasteiger partial charge on any atom is -0.399 e. The van der Waals surface area contributed by atoms with Crippen LogP contribution < -0.4 is 11.1 Å². The van der Waals surface area contributed by atoms with Gasteiger partial charge in [-0.3, -0.25) is 4.79 Å². The van der Waals surface area contributed by atoms with Crippen LogP contribution in [0.1, 0.15) is 36.0 Å². The second-order valence-electron chi connectivity index (χ2n) is 5.40. The number of nitrogens with one attached hydrogen (secondary N) is 1. The van der Waals surface area contributed by atoms with Gasteiger partial charge in [-0.25, -0.2) is 8.42 Å². The van der Waals surface area contributed by atoms with Gasteiger partial charge in [0.15, 0.2) is 9.84 Å². The molecule has 6 heteroatoms. The van der Waals surface area contributed by atoms with E-state index in [4.69, 9.17) is 5.73 Å². The monoisotopic (exact) mass is 296 g/mol. The third-order valence-corrected chi connectivity index (χ3v) is 4.77. The van der Waals surface area contributed by atoms with Gasteiger partial charge in [-0.2, -0.15) is 0 Å². The molecule has 1 aromatic rings. The maximum Gasteiger partial charge on any atom is 0.251 e. The van der Waals surface area contributed by atoms with Crippen molar-refractivity contribution in [3.05, 3.63) is 23.8 Å². The minimum atomic E-state index is -3.37. The third kappa shape index (κ3) is 3.72. The molecule has 20 heavy (non-hydrogen) atoms. The van der Waals surface area contributed by atoms with Crippen molar-refractivity contribution >= 4 is 21.4 Å². The van der Waals surface area contributed by atoms with Crippen LogP contribution in [-0.4, -0.2) is 27.1 Å². The highest BCUT2D eigenvalue weighted by Crippen LogP contribution is 2.28. The SMILES string of the molecule is CS(=O)(=O)c1cc(N)cc(C(=O)NCCC2CCC2)c1. The lowest BCUT2D eigenvalue weighted by Gasteiger charge is -2.25. The Kier molecular flexibility index (Phi) is 4.32. The van der Waals surface area contributed by atoms with Crippen LogP contribution in [0.15, 0.2) is 23.1 Å². The predicted molar refractivity (Wildman–Crippen MR) is 78.3 cm³/mol. The molecule has 0 saturated heterocycles. The van der Waals surface area contributed by atoms with Gasteiger partial charge in [-0.1, -0.05) is 19.3 Å². The summed E-state index contributed by atoms with van der Waals surface area (Å²) in [4.78, 5) is 12.1. The van der Waals surface area contributed by atoms with Gasteiger partial charge in [0, 0.05) is 24.1 Å². The normalized spacial score (nSPS) is 15.7. The number of carbonyl (C=O) groups is 1. The number of anilines is 1. The summed E-state index contributed by atoms with van der Waals surface area (Å²) in [6, 6.07) is 4.22. The highest BCUT2D eigenvalue weighted by Gasteiger charge is 2.18. The number of sulfone groups is 1. The van der Waals surface area contributed by atoms with Gasteiger partial charge in [0.2, 0.25) is 0 Å². The van der Waals surface area contributed by atoms with E-state index in [9.17, 15) is 13.2 Å². The van der Waals surface area contributed by atoms with Crippen LogP contribution in [0.25, 0.3) is 0 Å². The molecule has 0 atom stereocenters. The van der Waals surface area contributed by atoms with E-state index in [0.717, 1.165) is 18.6 Å². The molecule has 3 N–H and O–H groups in total. The van der Waals surface area contributed by atoms with Gasteiger partial charge in [0.05, 0.1) is 4.90 Å². The fraction of sp³-hybridized carbons (Fsp3) is 0.500. The second-order valence-corrected chi connectivity index (χ2v) is 7.42. The first-order valence-corrected chi connectivity index (χ1v) is 8.64. The standard InChI is InChI=1S/C14H20N2O3S/c1-20(18,19)13-8-11(7-12(15)9-13)14(17)16-6-5-10-3-2-4-10/h7-10H,2-6,15H2,1H3,(H,16,17). The third-order valence-electron chi connectivity index (χ3n) is 3.68. The van der Waals surface area contributed by atoms with Crippen LogP contribution in [0.5, 0.6) is 0 Å². The maximum absolute atomic E-state index is 12.0. The Balaban J connectivity index is 2.03. The second kappa shape index (κ2) is 5.83. The van der Waals surface area contributed by atoms with E-state index in [-0.39, 0.29) is 16.5 Å². The quantitative estimate of drug-likeness (QED) is 0.808. The molecular weight excluding hydrogens is 276 g/mol. The summed E-state index contributed by atoms with van der Waals surface area (Å²) in [6.07, 6.45) is 5.84. The molecule has 0 bridgehead atoms. The van der Waals surface area contributed by atoms with Gasteiger partial charge >= 0.3 is 0 Å². The first-order chi connectivity index (χ1) is 9.36. The van der Waals surface area contributed by atoms with Crippen molar-refractivity contribution in [3.8, 4) is 0 Å². The zero-order valence-corrected chi connectivity index (χ0v) is 12.4. The summed E-state index contributed by atoms with van der Waals surface area (Å²) in [6.45, 7) is 0.618. The zero-order chi connectivity index (χ0) is 14.8. The fourth-order valence-electron chi connectivity index (χ4n) is 2.24. The summed E-state index contributed by atoms with van der Waals surface area (Å²) in [5, 5.41) is 2.81. The lowest BCUT2D eigenvalue weighted by molar-refractivity contribution is 0.0949. The van der Waals surface area contributed by atoms with Gasteiger partial charge < -0.3 is 11.1 Å². The van der Waals surface area contributed by atoms with Gasteiger partial charge in [0.25, 0.3) is 5.91 Å². The molecule has 0 spiro atoms. The average Bonchev–Trinajstić information content (AvgIpc) is 2.30. The van der Waals surface area contributed by atoms with E-state index in [0.29, 0.717) is 12.1 Å². The van der Waals surface area contributed by atoms with E-state index < -0.39 is 9.84 Å². The molecule has 5 nitrogen and oxygen atoms in total. The van der Waals surface area contributed by atoms with E-state index in [1.807, 2.05) is 0 Å². The number of rotatable bonds is 5. The van der Waals surface area contributed by atoms with Crippen molar-refractivity contribution in [1.29, 1.82) is 0 Å². The van der Waals surface area contributed by atoms with E-state index in [1.165, 1.54) is 37.5 Å². The van der Waals surface area contributed by atoms with Crippen LogP contribution in [0.3, 0.4) is 0 Å². The predicted octanol–water partition coefficient (Wildman–Crippen LogP) is 1.59. The zero-order valence-electron chi connectivity index (χ0n) is 11.6. The summed E-state index contributed by atoms with van der Waals surface area (Å²) in [7, 11) is -3.37. The molecule has 1 amide bonds. The molecule has 0 aromatic heterocycles. The Morgan fingerprint density at radius 2 is 2.05 bits per heavy atom. The molecule has 2 rings (SSSR count). The minimum absolute atomic E-state index is 0.0710. The lowest BCUT2D eigenvalue weighted by Crippen LogP contribution is -2.27. The first-order valence-electron chi connectivity index (χ1n) is 6.75. The van der Waals surface area contributed by atoms with Crippen LogP contribution in [-0.2, 0) is 9.84 Å². The van der Waals surface area contributed by atoms with Gasteiger partial charge in [0.1, 0.15) is 0 Å². The van der Waals surface area contributed by atoms with Gasteiger partial charge in [-0.05, 0) is 30.5 Å². The van der Waals surface area contributed by atoms with Crippen molar-refractivity contribution in [2.24, 2.45) is 5.92 Å². The molecule has 0 heterocycles. The molecule has 0 aliphatic heterocycles. The molecule has 1 aromatic carbocycles.